The Morgan fingerprint density at radius 3 is 2.72 bits per heavy atom. The van der Waals surface area contributed by atoms with Gasteiger partial charge >= 0.3 is 0 Å². The average Bonchev–Trinajstić information content (AvgIpc) is 3.34. The molecule has 1 aromatic carbocycles. The van der Waals surface area contributed by atoms with Crippen molar-refractivity contribution >= 4 is 11.6 Å². The Bertz CT molecular complexity index is 926. The van der Waals surface area contributed by atoms with E-state index in [1.807, 2.05) is 25.1 Å². The Morgan fingerprint density at radius 1 is 1.17 bits per heavy atom. The molecule has 6 heteroatoms. The Kier molecular flexibility index (Phi) is 6.26. The molecule has 1 aliphatic rings. The number of aryl methyl sites for hydroxylation is 1. The summed E-state index contributed by atoms with van der Waals surface area (Å²) in [5, 5.41) is 4.50. The van der Waals surface area contributed by atoms with Gasteiger partial charge in [0.1, 0.15) is 11.6 Å². The number of hydrogen-bond donors (Lipinski definition) is 0. The van der Waals surface area contributed by atoms with Crippen molar-refractivity contribution in [3.8, 4) is 0 Å². The fourth-order valence-electron chi connectivity index (χ4n) is 4.41. The molecule has 1 aliphatic carbocycles. The van der Waals surface area contributed by atoms with Gasteiger partial charge in [-0.1, -0.05) is 29.2 Å². The number of aromatic nitrogens is 2. The molecule has 3 aromatic rings. The van der Waals surface area contributed by atoms with E-state index >= 15 is 0 Å². The molecule has 2 atom stereocenters. The smallest absolute Gasteiger partial charge is 0.137 e. The monoisotopic (exact) mass is 413 g/mol. The van der Waals surface area contributed by atoms with Crippen molar-refractivity contribution < 1.29 is 8.91 Å². The van der Waals surface area contributed by atoms with E-state index in [9.17, 15) is 4.39 Å². The zero-order valence-corrected chi connectivity index (χ0v) is 17.3. The van der Waals surface area contributed by atoms with Crippen LogP contribution in [-0.4, -0.2) is 21.1 Å². The van der Waals surface area contributed by atoms with Gasteiger partial charge in [-0.15, -0.1) is 0 Å². The fraction of sp³-hybridized carbons (Fsp3) is 0.391. The molecule has 2 aromatic heterocycles. The van der Waals surface area contributed by atoms with Crippen molar-refractivity contribution in [2.75, 3.05) is 0 Å². The number of benzene rings is 1. The molecule has 0 amide bonds. The summed E-state index contributed by atoms with van der Waals surface area (Å²) in [6.07, 6.45) is 7.81. The minimum Gasteiger partial charge on any atom is -0.361 e. The van der Waals surface area contributed by atoms with Crippen molar-refractivity contribution in [2.45, 2.75) is 51.7 Å². The molecule has 0 radical (unpaired) electrons. The molecule has 4 rings (SSSR count). The average molecular weight is 414 g/mol. The lowest BCUT2D eigenvalue weighted by Gasteiger charge is -2.33. The van der Waals surface area contributed by atoms with Crippen molar-refractivity contribution in [1.82, 2.24) is 15.0 Å². The van der Waals surface area contributed by atoms with Gasteiger partial charge in [0.05, 0.1) is 5.69 Å². The molecule has 4 nitrogen and oxygen atoms in total. The normalized spacial score (nSPS) is 19.2. The first-order valence-electron chi connectivity index (χ1n) is 10.1. The zero-order chi connectivity index (χ0) is 20.2. The molecule has 0 aliphatic heterocycles. The maximum absolute atomic E-state index is 14.5. The van der Waals surface area contributed by atoms with E-state index in [0.717, 1.165) is 49.2 Å². The predicted octanol–water partition coefficient (Wildman–Crippen LogP) is 5.58. The Labute approximate surface area is 175 Å². The van der Waals surface area contributed by atoms with Crippen LogP contribution in [0.5, 0.6) is 0 Å². The van der Waals surface area contributed by atoms with Gasteiger partial charge < -0.3 is 4.52 Å². The molecule has 0 saturated heterocycles. The molecule has 152 valence electrons. The molecule has 1 fully saturated rings. The highest BCUT2D eigenvalue weighted by atomic mass is 35.5. The van der Waals surface area contributed by atoms with Crippen LogP contribution in [0, 0.1) is 18.7 Å². The van der Waals surface area contributed by atoms with Crippen molar-refractivity contribution in [2.24, 2.45) is 5.92 Å². The van der Waals surface area contributed by atoms with Crippen LogP contribution in [0.3, 0.4) is 0 Å². The summed E-state index contributed by atoms with van der Waals surface area (Å²) in [7, 11) is 0. The summed E-state index contributed by atoms with van der Waals surface area (Å²) < 4.78 is 20.0. The topological polar surface area (TPSA) is 42.2 Å². The lowest BCUT2D eigenvalue weighted by molar-refractivity contribution is 0.137. The van der Waals surface area contributed by atoms with Crippen molar-refractivity contribution in [3.63, 3.8) is 0 Å². The van der Waals surface area contributed by atoms with Gasteiger partial charge in [-0.05, 0) is 55.5 Å². The summed E-state index contributed by atoms with van der Waals surface area (Å²) in [6, 6.07) is 11.3. The van der Waals surface area contributed by atoms with E-state index < -0.39 is 0 Å². The second kappa shape index (κ2) is 9.06. The molecule has 0 N–H and O–H groups in total. The Morgan fingerprint density at radius 2 is 2.00 bits per heavy atom. The predicted molar refractivity (Wildman–Crippen MR) is 111 cm³/mol. The van der Waals surface area contributed by atoms with Crippen LogP contribution in [0.25, 0.3) is 0 Å². The quantitative estimate of drug-likeness (QED) is 0.506. The summed E-state index contributed by atoms with van der Waals surface area (Å²) >= 11 is 6.35. The van der Waals surface area contributed by atoms with Crippen LogP contribution >= 0.6 is 11.6 Å². The van der Waals surface area contributed by atoms with Gasteiger partial charge in [-0.25, -0.2) is 4.39 Å². The lowest BCUT2D eigenvalue weighted by Crippen LogP contribution is -2.38. The summed E-state index contributed by atoms with van der Waals surface area (Å²) in [4.78, 5) is 6.48. The van der Waals surface area contributed by atoms with E-state index in [4.69, 9.17) is 16.1 Å². The number of hydrogen-bond acceptors (Lipinski definition) is 4. The van der Waals surface area contributed by atoms with Gasteiger partial charge in [0.2, 0.25) is 0 Å². The molecular weight excluding hydrogens is 389 g/mol. The highest BCUT2D eigenvalue weighted by Gasteiger charge is 2.33. The highest BCUT2D eigenvalue weighted by molar-refractivity contribution is 6.31. The second-order valence-electron chi connectivity index (χ2n) is 7.86. The maximum atomic E-state index is 14.5. The first kappa shape index (κ1) is 20.0. The number of pyridine rings is 1. The van der Waals surface area contributed by atoms with E-state index in [-0.39, 0.29) is 5.82 Å². The van der Waals surface area contributed by atoms with Gasteiger partial charge in [0, 0.05) is 54.6 Å². The van der Waals surface area contributed by atoms with E-state index in [1.54, 1.807) is 24.5 Å². The maximum Gasteiger partial charge on any atom is 0.137 e. The first-order chi connectivity index (χ1) is 14.1. The van der Waals surface area contributed by atoms with Gasteiger partial charge in [-0.3, -0.25) is 9.88 Å². The Balaban J connectivity index is 1.59. The lowest BCUT2D eigenvalue weighted by atomic mass is 9.95. The molecular formula is C23H25ClFN3O. The largest absolute Gasteiger partial charge is 0.361 e. The molecule has 2 heterocycles. The van der Waals surface area contributed by atoms with Crippen LogP contribution in [0.15, 0.2) is 53.3 Å². The summed E-state index contributed by atoms with van der Waals surface area (Å²) in [5.74, 6) is 1.11. The van der Waals surface area contributed by atoms with Crippen LogP contribution in [-0.2, 0) is 19.5 Å². The third-order valence-corrected chi connectivity index (χ3v) is 6.14. The minimum atomic E-state index is -0.252. The van der Waals surface area contributed by atoms with Gasteiger partial charge in [-0.2, -0.15) is 0 Å². The van der Waals surface area contributed by atoms with E-state index in [2.05, 4.69) is 15.0 Å². The highest BCUT2D eigenvalue weighted by Crippen LogP contribution is 2.35. The third-order valence-electron chi connectivity index (χ3n) is 5.79. The standard InChI is InChI=1S/C23H25ClFN3O/c1-16-12-19(29-27-16)13-18-4-2-7-23(18)28(14-17-8-10-26-11-9-17)15-20-21(24)5-3-6-22(20)25/h3,5-6,8-12,18,23H,2,4,7,13-15H2,1H3/t18-,23+/m0/s1. The second-order valence-corrected chi connectivity index (χ2v) is 8.26. The molecule has 0 unspecified atom stereocenters. The fourth-order valence-corrected chi connectivity index (χ4v) is 4.63. The first-order valence-corrected chi connectivity index (χ1v) is 10.5. The van der Waals surface area contributed by atoms with Crippen LogP contribution in [0.2, 0.25) is 5.02 Å². The van der Waals surface area contributed by atoms with E-state index in [0.29, 0.717) is 29.1 Å². The molecule has 1 saturated carbocycles. The zero-order valence-electron chi connectivity index (χ0n) is 16.5. The van der Waals surface area contributed by atoms with Crippen LogP contribution in [0.4, 0.5) is 4.39 Å². The summed E-state index contributed by atoms with van der Waals surface area (Å²) in [5.41, 5.74) is 2.62. The Hall–Kier alpha value is -2.24. The van der Waals surface area contributed by atoms with Crippen molar-refractivity contribution in [1.29, 1.82) is 0 Å². The molecule has 29 heavy (non-hydrogen) atoms. The van der Waals surface area contributed by atoms with E-state index in [1.165, 1.54) is 6.07 Å². The third kappa shape index (κ3) is 4.85. The summed E-state index contributed by atoms with van der Waals surface area (Å²) in [6.45, 7) is 3.14. The number of rotatable bonds is 7. The SMILES string of the molecule is Cc1cc(C[C@@H]2CCC[C@H]2N(Cc2ccncc2)Cc2c(F)cccc2Cl)on1. The molecule has 0 spiro atoms. The molecule has 0 bridgehead atoms. The van der Waals surface area contributed by atoms with Crippen LogP contribution in [0.1, 0.15) is 41.8 Å². The number of nitrogens with zero attached hydrogens (tertiary/aromatic N) is 3. The van der Waals surface area contributed by atoms with Crippen molar-refractivity contribution in [3.05, 3.63) is 82.2 Å². The van der Waals surface area contributed by atoms with Gasteiger partial charge in [0.15, 0.2) is 0 Å². The minimum absolute atomic E-state index is 0.252. The number of halogens is 2. The van der Waals surface area contributed by atoms with Gasteiger partial charge in [0.25, 0.3) is 0 Å². The van der Waals surface area contributed by atoms with Crippen LogP contribution < -0.4 is 0 Å².